The van der Waals surface area contributed by atoms with Crippen molar-refractivity contribution in [2.45, 2.75) is 19.6 Å². The van der Waals surface area contributed by atoms with E-state index in [1.54, 1.807) is 13.0 Å². The Hall–Kier alpha value is -1.48. The van der Waals surface area contributed by atoms with Crippen molar-refractivity contribution in [2.75, 3.05) is 32.7 Å². The van der Waals surface area contributed by atoms with Crippen LogP contribution in [0.15, 0.2) is 18.2 Å². The molecule has 4 nitrogen and oxygen atoms in total. The van der Waals surface area contributed by atoms with Crippen molar-refractivity contribution in [3.63, 3.8) is 0 Å². The summed E-state index contributed by atoms with van der Waals surface area (Å²) in [6.07, 6.45) is -0.314. The van der Waals surface area contributed by atoms with Crippen LogP contribution in [-0.4, -0.2) is 53.7 Å². The summed E-state index contributed by atoms with van der Waals surface area (Å²) in [5.74, 6) is -0.254. The summed E-state index contributed by atoms with van der Waals surface area (Å²) in [5, 5.41) is 18.2. The molecule has 1 aliphatic rings. The van der Waals surface area contributed by atoms with E-state index in [9.17, 15) is 9.50 Å². The first-order chi connectivity index (χ1) is 9.58. The molecule has 1 atom stereocenters. The summed E-state index contributed by atoms with van der Waals surface area (Å²) >= 11 is 0. The smallest absolute Gasteiger partial charge is 0.127 e. The van der Waals surface area contributed by atoms with Crippen LogP contribution in [0.1, 0.15) is 18.1 Å². The van der Waals surface area contributed by atoms with E-state index in [2.05, 4.69) is 9.80 Å². The maximum Gasteiger partial charge on any atom is 0.127 e. The van der Waals surface area contributed by atoms with E-state index < -0.39 is 0 Å². The van der Waals surface area contributed by atoms with E-state index in [1.165, 1.54) is 12.1 Å². The fraction of sp³-hybridized carbons (Fsp3) is 0.533. The fourth-order valence-corrected chi connectivity index (χ4v) is 2.51. The number of hydrogen-bond acceptors (Lipinski definition) is 4. The third-order valence-electron chi connectivity index (χ3n) is 3.56. The van der Waals surface area contributed by atoms with Crippen LogP contribution < -0.4 is 0 Å². The van der Waals surface area contributed by atoms with Crippen molar-refractivity contribution in [2.24, 2.45) is 0 Å². The second-order valence-corrected chi connectivity index (χ2v) is 5.34. The third-order valence-corrected chi connectivity index (χ3v) is 3.56. The predicted octanol–water partition coefficient (Wildman–Crippen LogP) is 1.20. The molecule has 0 radical (unpaired) electrons. The quantitative estimate of drug-likeness (QED) is 0.898. The first-order valence-electron chi connectivity index (χ1n) is 6.90. The number of nitrogens with zero attached hydrogens (tertiary/aromatic N) is 3. The van der Waals surface area contributed by atoms with Crippen molar-refractivity contribution in [3.8, 4) is 6.07 Å². The van der Waals surface area contributed by atoms with Crippen molar-refractivity contribution in [1.29, 1.82) is 5.26 Å². The van der Waals surface area contributed by atoms with Gasteiger partial charge in [0.25, 0.3) is 0 Å². The number of piperazine rings is 1. The second-order valence-electron chi connectivity index (χ2n) is 5.34. The van der Waals surface area contributed by atoms with Crippen LogP contribution in [0.2, 0.25) is 0 Å². The Balaban J connectivity index is 1.91. The molecule has 108 valence electrons. The van der Waals surface area contributed by atoms with Crippen LogP contribution >= 0.6 is 0 Å². The molecule has 1 heterocycles. The zero-order valence-electron chi connectivity index (χ0n) is 11.7. The van der Waals surface area contributed by atoms with Crippen LogP contribution in [0, 0.1) is 17.1 Å². The van der Waals surface area contributed by atoms with Gasteiger partial charge in [-0.25, -0.2) is 4.39 Å². The molecule has 20 heavy (non-hydrogen) atoms. The first kappa shape index (κ1) is 14.9. The largest absolute Gasteiger partial charge is 0.392 e. The minimum Gasteiger partial charge on any atom is -0.392 e. The van der Waals surface area contributed by atoms with Gasteiger partial charge in [-0.2, -0.15) is 5.26 Å². The Morgan fingerprint density at radius 1 is 1.30 bits per heavy atom. The lowest BCUT2D eigenvalue weighted by Crippen LogP contribution is -2.47. The molecule has 0 bridgehead atoms. The molecule has 0 saturated carbocycles. The average Bonchev–Trinajstić information content (AvgIpc) is 2.43. The van der Waals surface area contributed by atoms with Gasteiger partial charge in [-0.15, -0.1) is 0 Å². The normalized spacial score (nSPS) is 18.7. The van der Waals surface area contributed by atoms with E-state index >= 15 is 0 Å². The molecule has 1 N–H and O–H groups in total. The van der Waals surface area contributed by atoms with E-state index in [1.807, 2.05) is 6.07 Å². The summed E-state index contributed by atoms with van der Waals surface area (Å²) in [6.45, 7) is 6.46. The molecule has 0 amide bonds. The Morgan fingerprint density at radius 3 is 2.55 bits per heavy atom. The van der Waals surface area contributed by atoms with E-state index in [4.69, 9.17) is 5.26 Å². The molecule has 0 aliphatic carbocycles. The van der Waals surface area contributed by atoms with E-state index in [0.717, 1.165) is 26.2 Å². The summed E-state index contributed by atoms with van der Waals surface area (Å²) in [6, 6.07) is 6.52. The van der Waals surface area contributed by atoms with Gasteiger partial charge in [-0.05, 0) is 25.1 Å². The number of benzene rings is 1. The van der Waals surface area contributed by atoms with Crippen LogP contribution in [-0.2, 0) is 6.54 Å². The Morgan fingerprint density at radius 2 is 1.95 bits per heavy atom. The minimum absolute atomic E-state index is 0.254. The molecule has 2 rings (SSSR count). The first-order valence-corrected chi connectivity index (χ1v) is 6.90. The zero-order valence-corrected chi connectivity index (χ0v) is 11.7. The van der Waals surface area contributed by atoms with Gasteiger partial charge in [-0.3, -0.25) is 9.80 Å². The van der Waals surface area contributed by atoms with Crippen molar-refractivity contribution >= 4 is 0 Å². The third kappa shape index (κ3) is 4.01. The van der Waals surface area contributed by atoms with E-state index in [0.29, 0.717) is 24.2 Å². The molecule has 1 aromatic rings. The number of aliphatic hydroxyl groups excluding tert-OH is 1. The lowest BCUT2D eigenvalue weighted by atomic mass is 10.1. The van der Waals surface area contributed by atoms with Crippen molar-refractivity contribution < 1.29 is 9.50 Å². The maximum absolute atomic E-state index is 13.7. The van der Waals surface area contributed by atoms with Gasteiger partial charge < -0.3 is 5.11 Å². The topological polar surface area (TPSA) is 50.5 Å². The minimum atomic E-state index is -0.314. The van der Waals surface area contributed by atoms with Gasteiger partial charge >= 0.3 is 0 Å². The van der Waals surface area contributed by atoms with Crippen LogP contribution in [0.5, 0.6) is 0 Å². The van der Waals surface area contributed by atoms with Gasteiger partial charge in [0.05, 0.1) is 17.7 Å². The fourth-order valence-electron chi connectivity index (χ4n) is 2.51. The second kappa shape index (κ2) is 6.80. The highest BCUT2D eigenvalue weighted by Gasteiger charge is 2.19. The van der Waals surface area contributed by atoms with Crippen molar-refractivity contribution in [1.82, 2.24) is 9.80 Å². The van der Waals surface area contributed by atoms with Gasteiger partial charge in [-0.1, -0.05) is 0 Å². The molecule has 0 spiro atoms. The SMILES string of the molecule is C[C@H](O)CN1CCN(Cc2cc(C#N)ccc2F)CC1. The lowest BCUT2D eigenvalue weighted by Gasteiger charge is -2.35. The van der Waals surface area contributed by atoms with Gasteiger partial charge in [0.1, 0.15) is 5.82 Å². The molecule has 5 heteroatoms. The van der Waals surface area contributed by atoms with Gasteiger partial charge in [0.2, 0.25) is 0 Å². The Bertz CT molecular complexity index is 490. The number of nitriles is 1. The number of rotatable bonds is 4. The number of β-amino-alcohol motifs (C(OH)–C–C–N with tert-alkyl or cyclic N) is 1. The number of hydrogen-bond donors (Lipinski definition) is 1. The monoisotopic (exact) mass is 277 g/mol. The van der Waals surface area contributed by atoms with Crippen LogP contribution in [0.25, 0.3) is 0 Å². The summed E-state index contributed by atoms with van der Waals surface area (Å²) in [7, 11) is 0. The van der Waals surface area contributed by atoms with Crippen LogP contribution in [0.4, 0.5) is 4.39 Å². The lowest BCUT2D eigenvalue weighted by molar-refractivity contribution is 0.0777. The van der Waals surface area contributed by atoms with E-state index in [-0.39, 0.29) is 11.9 Å². The molecule has 0 unspecified atom stereocenters. The highest BCUT2D eigenvalue weighted by atomic mass is 19.1. The molecular weight excluding hydrogens is 257 g/mol. The molecule has 1 saturated heterocycles. The number of halogens is 1. The molecule has 1 aliphatic heterocycles. The maximum atomic E-state index is 13.7. The molecular formula is C15H20FN3O. The molecule has 0 aromatic heterocycles. The number of aliphatic hydroxyl groups is 1. The highest BCUT2D eigenvalue weighted by Crippen LogP contribution is 2.14. The standard InChI is InChI=1S/C15H20FN3O/c1-12(20)10-18-4-6-19(7-5-18)11-14-8-13(9-17)2-3-15(14)16/h2-3,8,12,20H,4-7,10-11H2,1H3/t12-/m0/s1. The highest BCUT2D eigenvalue weighted by molar-refractivity contribution is 5.33. The van der Waals surface area contributed by atoms with Gasteiger partial charge in [0, 0.05) is 44.8 Å². The average molecular weight is 277 g/mol. The Kier molecular flexibility index (Phi) is 5.07. The summed E-state index contributed by atoms with van der Waals surface area (Å²) in [5.41, 5.74) is 1.07. The summed E-state index contributed by atoms with van der Waals surface area (Å²) in [4.78, 5) is 4.39. The van der Waals surface area contributed by atoms with Crippen LogP contribution in [0.3, 0.4) is 0 Å². The molecule has 1 fully saturated rings. The van der Waals surface area contributed by atoms with Crippen molar-refractivity contribution in [3.05, 3.63) is 35.1 Å². The Labute approximate surface area is 119 Å². The van der Waals surface area contributed by atoms with Gasteiger partial charge in [0.15, 0.2) is 0 Å². The zero-order chi connectivity index (χ0) is 14.5. The summed E-state index contributed by atoms with van der Waals surface area (Å²) < 4.78 is 13.7. The molecule has 1 aromatic carbocycles. The predicted molar refractivity (Wildman–Crippen MR) is 74.5 cm³/mol.